The van der Waals surface area contributed by atoms with Gasteiger partial charge in [-0.2, -0.15) is 0 Å². The van der Waals surface area contributed by atoms with Gasteiger partial charge in [-0.05, 0) is 32.6 Å². The molecular weight excluding hydrogens is 236 g/mol. The van der Waals surface area contributed by atoms with E-state index in [1.807, 2.05) is 13.8 Å². The molecule has 0 saturated carbocycles. The van der Waals surface area contributed by atoms with E-state index in [4.69, 9.17) is 11.6 Å². The van der Waals surface area contributed by atoms with E-state index in [0.717, 1.165) is 18.7 Å². The van der Waals surface area contributed by atoms with Crippen molar-refractivity contribution in [1.29, 1.82) is 0 Å². The lowest BCUT2D eigenvalue weighted by atomic mass is 10.3. The molecule has 0 spiro atoms. The Bertz CT molecular complexity index is 287. The van der Waals surface area contributed by atoms with Crippen LogP contribution >= 0.6 is 11.6 Å². The zero-order valence-corrected chi connectivity index (χ0v) is 12.1. The number of aromatic nitrogens is 2. The number of rotatable bonds is 5. The lowest BCUT2D eigenvalue weighted by molar-refractivity contribution is 0.349. The summed E-state index contributed by atoms with van der Waals surface area (Å²) in [6.07, 6.45) is 3.48. The third-order valence-corrected chi connectivity index (χ3v) is 2.16. The van der Waals surface area contributed by atoms with E-state index < -0.39 is 0 Å². The summed E-state index contributed by atoms with van der Waals surface area (Å²) < 4.78 is 0. The standard InChI is InChI=1S/C10H17ClN4.C2H6/c1-8(7-15(2)3)12-4-9-5-13-10(11)14-6-9;1-2/h5-6,8,12H,4,7H2,1-3H3;1-2H3. The van der Waals surface area contributed by atoms with Gasteiger partial charge < -0.3 is 10.2 Å². The third-order valence-electron chi connectivity index (χ3n) is 1.97. The minimum absolute atomic E-state index is 0.292. The average Bonchev–Trinajstić information content (AvgIpc) is 2.30. The molecule has 1 rings (SSSR count). The summed E-state index contributed by atoms with van der Waals surface area (Å²) in [5, 5.41) is 3.68. The van der Waals surface area contributed by atoms with Crippen LogP contribution in [0.4, 0.5) is 0 Å². The largest absolute Gasteiger partial charge is 0.309 e. The van der Waals surface area contributed by atoms with E-state index >= 15 is 0 Å². The number of nitrogens with one attached hydrogen (secondary N) is 1. The summed E-state index contributed by atoms with van der Waals surface area (Å²) in [5.41, 5.74) is 1.05. The Morgan fingerprint density at radius 2 is 1.82 bits per heavy atom. The van der Waals surface area contributed by atoms with E-state index in [1.54, 1.807) is 12.4 Å². The van der Waals surface area contributed by atoms with Gasteiger partial charge in [0.25, 0.3) is 0 Å². The van der Waals surface area contributed by atoms with Gasteiger partial charge in [0.1, 0.15) is 0 Å². The Morgan fingerprint density at radius 3 is 2.29 bits per heavy atom. The highest BCUT2D eigenvalue weighted by Crippen LogP contribution is 2.00. The molecule has 0 aliphatic rings. The molecule has 98 valence electrons. The average molecular weight is 259 g/mol. The number of halogens is 1. The lowest BCUT2D eigenvalue weighted by Crippen LogP contribution is -2.35. The Hall–Kier alpha value is -0.710. The van der Waals surface area contributed by atoms with Gasteiger partial charge in [0.05, 0.1) is 0 Å². The molecule has 17 heavy (non-hydrogen) atoms. The molecule has 0 radical (unpaired) electrons. The van der Waals surface area contributed by atoms with Crippen molar-refractivity contribution in [3.8, 4) is 0 Å². The zero-order valence-electron chi connectivity index (χ0n) is 11.4. The molecule has 0 aliphatic heterocycles. The quantitative estimate of drug-likeness (QED) is 0.822. The first-order chi connectivity index (χ1) is 8.08. The SMILES string of the molecule is CC.CC(CN(C)C)NCc1cnc(Cl)nc1. The second kappa shape index (κ2) is 9.33. The highest BCUT2D eigenvalue weighted by molar-refractivity contribution is 6.28. The molecule has 0 aliphatic carbocycles. The van der Waals surface area contributed by atoms with Crippen LogP contribution < -0.4 is 5.32 Å². The minimum Gasteiger partial charge on any atom is -0.309 e. The van der Waals surface area contributed by atoms with Gasteiger partial charge in [0.2, 0.25) is 5.28 Å². The Kier molecular flexibility index (Phi) is 8.94. The maximum absolute atomic E-state index is 5.59. The van der Waals surface area contributed by atoms with Gasteiger partial charge in [0.15, 0.2) is 0 Å². The molecule has 1 unspecified atom stereocenters. The molecule has 0 aromatic carbocycles. The molecular formula is C12H23ClN4. The van der Waals surface area contributed by atoms with E-state index in [-0.39, 0.29) is 0 Å². The molecule has 0 amide bonds. The van der Waals surface area contributed by atoms with E-state index in [2.05, 4.69) is 41.2 Å². The van der Waals surface area contributed by atoms with Crippen molar-refractivity contribution in [2.45, 2.75) is 33.4 Å². The van der Waals surface area contributed by atoms with E-state index in [0.29, 0.717) is 11.3 Å². The monoisotopic (exact) mass is 258 g/mol. The molecule has 0 bridgehead atoms. The van der Waals surface area contributed by atoms with Crippen LogP contribution in [0.3, 0.4) is 0 Å². The number of likely N-dealkylation sites (N-methyl/N-ethyl adjacent to an activating group) is 1. The van der Waals surface area contributed by atoms with Gasteiger partial charge in [0, 0.05) is 37.1 Å². The molecule has 1 aromatic rings. The Morgan fingerprint density at radius 1 is 1.29 bits per heavy atom. The summed E-state index contributed by atoms with van der Waals surface area (Å²) in [4.78, 5) is 9.99. The fourth-order valence-electron chi connectivity index (χ4n) is 1.33. The van der Waals surface area contributed by atoms with Crippen LogP contribution in [0.1, 0.15) is 26.3 Å². The van der Waals surface area contributed by atoms with Gasteiger partial charge >= 0.3 is 0 Å². The zero-order chi connectivity index (χ0) is 13.3. The molecule has 1 atom stereocenters. The second-order valence-corrected chi connectivity index (χ2v) is 4.24. The molecule has 1 heterocycles. The van der Waals surface area contributed by atoms with Crippen molar-refractivity contribution < 1.29 is 0 Å². The molecule has 1 N–H and O–H groups in total. The first-order valence-electron chi connectivity index (χ1n) is 5.92. The van der Waals surface area contributed by atoms with Crippen molar-refractivity contribution >= 4 is 11.6 Å². The maximum atomic E-state index is 5.59. The first kappa shape index (κ1) is 16.3. The third kappa shape index (κ3) is 8.07. The summed E-state index contributed by atoms with van der Waals surface area (Å²) in [5.74, 6) is 0. The highest BCUT2D eigenvalue weighted by Gasteiger charge is 2.03. The number of hydrogen-bond donors (Lipinski definition) is 1. The highest BCUT2D eigenvalue weighted by atomic mass is 35.5. The van der Waals surface area contributed by atoms with Crippen LogP contribution in [0.5, 0.6) is 0 Å². The second-order valence-electron chi connectivity index (χ2n) is 3.90. The Labute approximate surface area is 109 Å². The van der Waals surface area contributed by atoms with Crippen molar-refractivity contribution in [2.24, 2.45) is 0 Å². The summed E-state index contributed by atoms with van der Waals surface area (Å²) in [6, 6.07) is 0.440. The molecule has 5 heteroatoms. The molecule has 4 nitrogen and oxygen atoms in total. The van der Waals surface area contributed by atoms with E-state index in [1.165, 1.54) is 0 Å². The van der Waals surface area contributed by atoms with Gasteiger partial charge in [-0.1, -0.05) is 13.8 Å². The maximum Gasteiger partial charge on any atom is 0.222 e. The van der Waals surface area contributed by atoms with Crippen LogP contribution in [0, 0.1) is 0 Å². The Balaban J connectivity index is 0.00000121. The summed E-state index contributed by atoms with van der Waals surface area (Å²) >= 11 is 5.59. The van der Waals surface area contributed by atoms with Gasteiger partial charge in [-0.3, -0.25) is 0 Å². The fourth-order valence-corrected chi connectivity index (χ4v) is 1.43. The number of nitrogens with zero attached hydrogens (tertiary/aromatic N) is 3. The summed E-state index contributed by atoms with van der Waals surface area (Å²) in [7, 11) is 4.12. The first-order valence-corrected chi connectivity index (χ1v) is 6.30. The lowest BCUT2D eigenvalue weighted by Gasteiger charge is -2.18. The van der Waals surface area contributed by atoms with Gasteiger partial charge in [-0.25, -0.2) is 9.97 Å². The minimum atomic E-state index is 0.292. The molecule has 0 saturated heterocycles. The molecule has 0 fully saturated rings. The van der Waals surface area contributed by atoms with Gasteiger partial charge in [-0.15, -0.1) is 0 Å². The van der Waals surface area contributed by atoms with Crippen molar-refractivity contribution in [2.75, 3.05) is 20.6 Å². The van der Waals surface area contributed by atoms with Crippen LogP contribution in [-0.2, 0) is 6.54 Å². The summed E-state index contributed by atoms with van der Waals surface area (Å²) in [6.45, 7) is 7.93. The predicted octanol–water partition coefficient (Wildman–Crippen LogP) is 2.20. The fraction of sp³-hybridized carbons (Fsp3) is 0.667. The van der Waals surface area contributed by atoms with Crippen molar-refractivity contribution in [3.05, 3.63) is 23.2 Å². The molecule has 1 aromatic heterocycles. The topological polar surface area (TPSA) is 41.0 Å². The van der Waals surface area contributed by atoms with Crippen molar-refractivity contribution in [3.63, 3.8) is 0 Å². The normalized spacial score (nSPS) is 11.9. The van der Waals surface area contributed by atoms with Crippen LogP contribution in [-0.4, -0.2) is 41.5 Å². The predicted molar refractivity (Wildman–Crippen MR) is 73.2 cm³/mol. The van der Waals surface area contributed by atoms with Crippen LogP contribution in [0.15, 0.2) is 12.4 Å². The van der Waals surface area contributed by atoms with Crippen molar-refractivity contribution in [1.82, 2.24) is 20.2 Å². The van der Waals surface area contributed by atoms with E-state index in [9.17, 15) is 0 Å². The smallest absolute Gasteiger partial charge is 0.222 e. The number of hydrogen-bond acceptors (Lipinski definition) is 4. The van der Waals surface area contributed by atoms with Crippen LogP contribution in [0.25, 0.3) is 0 Å². The van der Waals surface area contributed by atoms with Crippen LogP contribution in [0.2, 0.25) is 5.28 Å².